The van der Waals surface area contributed by atoms with Gasteiger partial charge in [-0.2, -0.15) is 0 Å². The van der Waals surface area contributed by atoms with Crippen molar-refractivity contribution in [1.29, 1.82) is 0 Å². The van der Waals surface area contributed by atoms with E-state index in [1.807, 2.05) is 38.2 Å². The Balaban J connectivity index is 1.98. The lowest BCUT2D eigenvalue weighted by Crippen LogP contribution is -2.66. The van der Waals surface area contributed by atoms with E-state index < -0.39 is 16.4 Å². The van der Waals surface area contributed by atoms with Gasteiger partial charge in [0.25, 0.3) is 0 Å². The second kappa shape index (κ2) is 5.01. The number of thioether (sulfide) groups is 1. The zero-order valence-corrected chi connectivity index (χ0v) is 13.2. The summed E-state index contributed by atoms with van der Waals surface area (Å²) >= 11 is 1.49. The minimum absolute atomic E-state index is 0.104. The van der Waals surface area contributed by atoms with Crippen LogP contribution in [0.3, 0.4) is 0 Å². The summed E-state index contributed by atoms with van der Waals surface area (Å²) in [6.07, 6.45) is 12.8. The number of aliphatic carboxylic acids is 1. The summed E-state index contributed by atoms with van der Waals surface area (Å²) in [5.41, 5.74) is -1.57. The molecule has 3 heterocycles. The molecule has 2 fully saturated rings. The van der Waals surface area contributed by atoms with E-state index in [2.05, 4.69) is 4.99 Å². The molecule has 2 atom stereocenters. The molecule has 1 N–H and O–H groups in total. The average Bonchev–Trinajstić information content (AvgIpc) is 2.63. The van der Waals surface area contributed by atoms with Crippen LogP contribution >= 0.6 is 11.8 Å². The smallest absolute Gasteiger partial charge is 0.354 e. The Labute approximate surface area is 132 Å². The highest BCUT2D eigenvalue weighted by molar-refractivity contribution is 8.01. The first kappa shape index (κ1) is 14.9. The maximum absolute atomic E-state index is 12.0. The van der Waals surface area contributed by atoms with Gasteiger partial charge in [-0.3, -0.25) is 9.69 Å². The molecule has 0 aliphatic carbocycles. The van der Waals surface area contributed by atoms with Gasteiger partial charge >= 0.3 is 5.97 Å². The van der Waals surface area contributed by atoms with Crippen molar-refractivity contribution in [2.45, 2.75) is 36.1 Å². The van der Waals surface area contributed by atoms with Crippen LogP contribution in [0.1, 0.15) is 20.3 Å². The maximum Gasteiger partial charge on any atom is 0.354 e. The number of carboxylic acid groups (broad SMARTS) is 1. The maximum atomic E-state index is 12.0. The molecular formula is C15H17N3O3S. The zero-order valence-electron chi connectivity index (χ0n) is 12.3. The molecule has 0 radical (unpaired) electrons. The van der Waals surface area contributed by atoms with E-state index in [1.54, 1.807) is 17.3 Å². The number of hydrogen-bond acceptors (Lipinski definition) is 4. The standard InChI is InChI=1S/C15H17N3O3S/c1-14(2)15(13(20)21,18-11(19)9-12(18)22-14)16-10-17-7-5-3-4-6-8-17/h3-8,10,12H,9H2,1-2H3,(H,20,21)/t12-,15+/m1/s1. The number of β-lactam (4-membered cyclic amide) rings is 1. The Kier molecular flexibility index (Phi) is 3.40. The third-order valence-corrected chi connectivity index (χ3v) is 5.57. The number of hydrogen-bond donors (Lipinski definition) is 1. The predicted octanol–water partition coefficient (Wildman–Crippen LogP) is 1.78. The van der Waals surface area contributed by atoms with Crippen molar-refractivity contribution in [3.8, 4) is 0 Å². The third kappa shape index (κ3) is 1.99. The molecule has 6 nitrogen and oxygen atoms in total. The quantitative estimate of drug-likeness (QED) is 0.488. The van der Waals surface area contributed by atoms with Crippen LogP contribution in [0, 0.1) is 0 Å². The number of aliphatic imine (C=N–C) groups is 1. The van der Waals surface area contributed by atoms with E-state index in [0.717, 1.165) is 0 Å². The van der Waals surface area contributed by atoms with Crippen molar-refractivity contribution < 1.29 is 14.7 Å². The molecule has 3 aliphatic rings. The van der Waals surface area contributed by atoms with Gasteiger partial charge in [0, 0.05) is 12.4 Å². The zero-order chi connectivity index (χ0) is 16.0. The van der Waals surface area contributed by atoms with E-state index >= 15 is 0 Å². The lowest BCUT2D eigenvalue weighted by molar-refractivity contribution is -0.167. The highest BCUT2D eigenvalue weighted by Gasteiger charge is 2.69. The highest BCUT2D eigenvalue weighted by atomic mass is 32.2. The van der Waals surface area contributed by atoms with Crippen LogP contribution in [0.2, 0.25) is 0 Å². The van der Waals surface area contributed by atoms with E-state index in [9.17, 15) is 14.7 Å². The van der Waals surface area contributed by atoms with Crippen LogP contribution in [0.4, 0.5) is 0 Å². The highest BCUT2D eigenvalue weighted by Crippen LogP contribution is 2.57. The Morgan fingerprint density at radius 2 is 2.00 bits per heavy atom. The van der Waals surface area contributed by atoms with Crippen LogP contribution < -0.4 is 0 Å². The number of nitrogens with zero attached hydrogens (tertiary/aromatic N) is 3. The van der Waals surface area contributed by atoms with Crippen molar-refractivity contribution in [1.82, 2.24) is 9.80 Å². The fourth-order valence-electron chi connectivity index (χ4n) is 2.92. The number of fused-ring (bicyclic) bond motifs is 1. The lowest BCUT2D eigenvalue weighted by Gasteiger charge is -2.43. The van der Waals surface area contributed by atoms with Crippen LogP contribution in [0.15, 0.2) is 41.7 Å². The van der Waals surface area contributed by atoms with E-state index in [4.69, 9.17) is 0 Å². The van der Waals surface area contributed by atoms with Crippen molar-refractivity contribution in [3.63, 3.8) is 0 Å². The van der Waals surface area contributed by atoms with Crippen LogP contribution in [-0.4, -0.2) is 48.9 Å². The monoisotopic (exact) mass is 319 g/mol. The predicted molar refractivity (Wildman–Crippen MR) is 85.0 cm³/mol. The first-order valence-corrected chi connectivity index (χ1v) is 7.84. The molecule has 0 spiro atoms. The Hall–Kier alpha value is -2.02. The van der Waals surface area contributed by atoms with E-state index in [-0.39, 0.29) is 11.3 Å². The second-order valence-corrected chi connectivity index (χ2v) is 7.59. The number of carboxylic acids is 1. The van der Waals surface area contributed by atoms with Gasteiger partial charge in [0.05, 0.1) is 22.9 Å². The topological polar surface area (TPSA) is 73.2 Å². The molecule has 2 saturated heterocycles. The Bertz CT molecular complexity index is 622. The van der Waals surface area contributed by atoms with Crippen molar-refractivity contribution in [2.75, 3.05) is 0 Å². The molecule has 0 aromatic heterocycles. The second-order valence-electron chi connectivity index (χ2n) is 5.79. The fourth-order valence-corrected chi connectivity index (χ4v) is 4.60. The summed E-state index contributed by atoms with van der Waals surface area (Å²) in [6, 6.07) is 0. The van der Waals surface area contributed by atoms with Gasteiger partial charge < -0.3 is 10.0 Å². The molecule has 0 bridgehead atoms. The van der Waals surface area contributed by atoms with Crippen LogP contribution in [0.5, 0.6) is 0 Å². The normalized spacial score (nSPS) is 32.3. The summed E-state index contributed by atoms with van der Waals surface area (Å²) < 4.78 is -0.705. The molecule has 3 aliphatic heterocycles. The minimum atomic E-state index is -1.57. The summed E-state index contributed by atoms with van der Waals surface area (Å²) in [6.45, 7) is 3.65. The van der Waals surface area contributed by atoms with Crippen molar-refractivity contribution >= 4 is 30.0 Å². The molecular weight excluding hydrogens is 302 g/mol. The third-order valence-electron chi connectivity index (χ3n) is 4.05. The molecule has 3 rings (SSSR count). The SMILES string of the molecule is CC1(C)S[C@@H]2CC(=O)N2[C@@]1(N=CN1C=CC=CC=C1)C(=O)O. The van der Waals surface area contributed by atoms with Gasteiger partial charge in [0.15, 0.2) is 0 Å². The molecule has 0 aromatic carbocycles. The lowest BCUT2D eigenvalue weighted by atomic mass is 9.91. The number of rotatable bonds is 3. The molecule has 0 saturated carbocycles. The summed E-state index contributed by atoms with van der Waals surface area (Å²) in [5.74, 6) is -1.26. The number of allylic oxidation sites excluding steroid dienone is 4. The molecule has 22 heavy (non-hydrogen) atoms. The summed E-state index contributed by atoms with van der Waals surface area (Å²) in [5, 5.41) is 9.73. The first-order chi connectivity index (χ1) is 10.4. The van der Waals surface area contributed by atoms with Crippen LogP contribution in [-0.2, 0) is 9.59 Å². The van der Waals surface area contributed by atoms with Crippen LogP contribution in [0.25, 0.3) is 0 Å². The molecule has 7 heteroatoms. The Morgan fingerprint density at radius 3 is 2.55 bits per heavy atom. The number of carbonyl (C=O) groups is 2. The van der Waals surface area contributed by atoms with Gasteiger partial charge in [-0.05, 0) is 26.0 Å². The van der Waals surface area contributed by atoms with Gasteiger partial charge in [0.1, 0.15) is 0 Å². The van der Waals surface area contributed by atoms with E-state index in [0.29, 0.717) is 6.42 Å². The fraction of sp³-hybridized carbons (Fsp3) is 0.400. The molecule has 0 aromatic rings. The van der Waals surface area contributed by atoms with Crippen molar-refractivity contribution in [3.05, 3.63) is 36.7 Å². The largest absolute Gasteiger partial charge is 0.478 e. The summed E-state index contributed by atoms with van der Waals surface area (Å²) in [4.78, 5) is 31.4. The van der Waals surface area contributed by atoms with E-state index in [1.165, 1.54) is 23.0 Å². The van der Waals surface area contributed by atoms with Gasteiger partial charge in [-0.25, -0.2) is 9.79 Å². The molecule has 1 amide bonds. The van der Waals surface area contributed by atoms with Gasteiger partial charge in [-0.15, -0.1) is 11.8 Å². The Morgan fingerprint density at radius 1 is 1.36 bits per heavy atom. The van der Waals surface area contributed by atoms with Crippen molar-refractivity contribution in [2.24, 2.45) is 4.99 Å². The van der Waals surface area contributed by atoms with Gasteiger partial charge in [0.2, 0.25) is 11.6 Å². The number of amides is 1. The average molecular weight is 319 g/mol. The molecule has 116 valence electrons. The number of carbonyl (C=O) groups excluding carboxylic acids is 1. The summed E-state index contributed by atoms with van der Waals surface area (Å²) in [7, 11) is 0. The minimum Gasteiger partial charge on any atom is -0.478 e. The molecule has 0 unspecified atom stereocenters. The first-order valence-electron chi connectivity index (χ1n) is 6.96. The van der Waals surface area contributed by atoms with Gasteiger partial charge in [-0.1, -0.05) is 12.2 Å².